The first-order chi connectivity index (χ1) is 10.3. The van der Waals surface area contributed by atoms with Crippen molar-refractivity contribution in [2.75, 3.05) is 18.6 Å². The van der Waals surface area contributed by atoms with Crippen LogP contribution in [0.5, 0.6) is 0 Å². The summed E-state index contributed by atoms with van der Waals surface area (Å²) in [6.45, 7) is 0.821. The average molecular weight is 287 g/mol. The Morgan fingerprint density at radius 1 is 1.24 bits per heavy atom. The first-order valence-electron chi connectivity index (χ1n) is 7.09. The number of anilines is 1. The first-order valence-corrected chi connectivity index (χ1v) is 7.09. The Hall–Kier alpha value is -2.01. The van der Waals surface area contributed by atoms with Crippen molar-refractivity contribution < 1.29 is 9.13 Å². The summed E-state index contributed by atoms with van der Waals surface area (Å²) in [6.07, 6.45) is 4.35. The van der Waals surface area contributed by atoms with E-state index < -0.39 is 5.82 Å². The van der Waals surface area contributed by atoms with Crippen LogP contribution >= 0.6 is 0 Å². The summed E-state index contributed by atoms with van der Waals surface area (Å²) in [5, 5.41) is 0. The number of methoxy groups -OCH3 is 1. The number of halogens is 1. The van der Waals surface area contributed by atoms with Crippen molar-refractivity contribution in [1.82, 2.24) is 9.97 Å². The third-order valence-corrected chi connectivity index (χ3v) is 3.94. The maximum absolute atomic E-state index is 13.0. The Kier molecular flexibility index (Phi) is 4.10. The van der Waals surface area contributed by atoms with Gasteiger partial charge in [0.05, 0.1) is 24.5 Å². The van der Waals surface area contributed by atoms with E-state index in [2.05, 4.69) is 27.0 Å². The predicted molar refractivity (Wildman–Crippen MR) is 78.7 cm³/mol. The van der Waals surface area contributed by atoms with Gasteiger partial charge in [-0.2, -0.15) is 0 Å². The van der Waals surface area contributed by atoms with E-state index in [4.69, 9.17) is 4.74 Å². The standard InChI is InChI=1S/C16H18FN3O/c1-21-15-7-8-20(16-18-10-13(17)11-19-16)14(15)9-12-5-3-2-4-6-12/h2-6,10-11,14-15H,7-9H2,1H3/t14-,15-/m0/s1. The quantitative estimate of drug-likeness (QED) is 0.866. The van der Waals surface area contributed by atoms with E-state index in [1.165, 1.54) is 18.0 Å². The average Bonchev–Trinajstić information content (AvgIpc) is 2.92. The van der Waals surface area contributed by atoms with Crippen molar-refractivity contribution in [2.24, 2.45) is 0 Å². The first kappa shape index (κ1) is 13.9. The zero-order chi connectivity index (χ0) is 14.7. The second-order valence-corrected chi connectivity index (χ2v) is 5.21. The summed E-state index contributed by atoms with van der Waals surface area (Å²) in [5.74, 6) is 0.151. The Morgan fingerprint density at radius 2 is 1.95 bits per heavy atom. The van der Waals surface area contributed by atoms with Crippen LogP contribution in [-0.4, -0.2) is 35.8 Å². The van der Waals surface area contributed by atoms with Crippen molar-refractivity contribution in [3.63, 3.8) is 0 Å². The third kappa shape index (κ3) is 3.03. The SMILES string of the molecule is CO[C@H]1CCN(c2ncc(F)cn2)[C@H]1Cc1ccccc1. The normalized spacial score (nSPS) is 21.7. The van der Waals surface area contributed by atoms with Gasteiger partial charge in [0.2, 0.25) is 5.95 Å². The summed E-state index contributed by atoms with van der Waals surface area (Å²) in [7, 11) is 1.73. The highest BCUT2D eigenvalue weighted by Crippen LogP contribution is 2.27. The lowest BCUT2D eigenvalue weighted by Gasteiger charge is -2.27. The predicted octanol–water partition coefficient (Wildman–Crippen LogP) is 2.45. The van der Waals surface area contributed by atoms with Gasteiger partial charge in [0.25, 0.3) is 0 Å². The van der Waals surface area contributed by atoms with Gasteiger partial charge in [-0.15, -0.1) is 0 Å². The Morgan fingerprint density at radius 3 is 2.62 bits per heavy atom. The second kappa shape index (κ2) is 6.18. The second-order valence-electron chi connectivity index (χ2n) is 5.21. The van der Waals surface area contributed by atoms with E-state index in [1.54, 1.807) is 7.11 Å². The number of hydrogen-bond donors (Lipinski definition) is 0. The highest BCUT2D eigenvalue weighted by Gasteiger charge is 2.35. The molecule has 21 heavy (non-hydrogen) atoms. The van der Waals surface area contributed by atoms with Crippen LogP contribution in [0.2, 0.25) is 0 Å². The number of nitrogens with zero attached hydrogens (tertiary/aromatic N) is 3. The smallest absolute Gasteiger partial charge is 0.225 e. The molecule has 110 valence electrons. The lowest BCUT2D eigenvalue weighted by molar-refractivity contribution is 0.0952. The van der Waals surface area contributed by atoms with Crippen LogP contribution in [0.25, 0.3) is 0 Å². The molecule has 0 aliphatic carbocycles. The zero-order valence-electron chi connectivity index (χ0n) is 11.9. The molecule has 0 unspecified atom stereocenters. The summed E-state index contributed by atoms with van der Waals surface area (Å²) in [6, 6.07) is 10.5. The van der Waals surface area contributed by atoms with Gasteiger partial charge in [-0.1, -0.05) is 30.3 Å². The third-order valence-electron chi connectivity index (χ3n) is 3.94. The fourth-order valence-corrected chi connectivity index (χ4v) is 2.90. The molecule has 2 heterocycles. The summed E-state index contributed by atoms with van der Waals surface area (Å²) in [5.41, 5.74) is 1.25. The van der Waals surface area contributed by atoms with E-state index in [0.717, 1.165) is 19.4 Å². The van der Waals surface area contributed by atoms with E-state index in [9.17, 15) is 4.39 Å². The molecule has 1 aliphatic rings. The molecular formula is C16H18FN3O. The van der Waals surface area contributed by atoms with Gasteiger partial charge in [0.1, 0.15) is 0 Å². The Balaban J connectivity index is 1.83. The van der Waals surface area contributed by atoms with Gasteiger partial charge in [0.15, 0.2) is 5.82 Å². The summed E-state index contributed by atoms with van der Waals surface area (Å²) in [4.78, 5) is 10.3. The molecule has 1 aliphatic heterocycles. The molecule has 1 aromatic carbocycles. The zero-order valence-corrected chi connectivity index (χ0v) is 11.9. The molecule has 0 N–H and O–H groups in total. The molecule has 1 saturated heterocycles. The van der Waals surface area contributed by atoms with Gasteiger partial charge in [-0.3, -0.25) is 0 Å². The topological polar surface area (TPSA) is 38.2 Å². The maximum Gasteiger partial charge on any atom is 0.225 e. The van der Waals surface area contributed by atoms with Crippen molar-refractivity contribution in [1.29, 1.82) is 0 Å². The van der Waals surface area contributed by atoms with Gasteiger partial charge >= 0.3 is 0 Å². The molecule has 3 rings (SSSR count). The van der Waals surface area contributed by atoms with E-state index in [1.807, 2.05) is 18.2 Å². The minimum Gasteiger partial charge on any atom is -0.379 e. The fraction of sp³-hybridized carbons (Fsp3) is 0.375. The molecular weight excluding hydrogens is 269 g/mol. The van der Waals surface area contributed by atoms with Crippen LogP contribution < -0.4 is 4.90 Å². The molecule has 1 fully saturated rings. The van der Waals surface area contributed by atoms with Crippen LogP contribution in [0.15, 0.2) is 42.7 Å². The van der Waals surface area contributed by atoms with Gasteiger partial charge in [-0.05, 0) is 18.4 Å². The van der Waals surface area contributed by atoms with Crippen LogP contribution in [0.1, 0.15) is 12.0 Å². The molecule has 0 radical (unpaired) electrons. The summed E-state index contributed by atoms with van der Waals surface area (Å²) >= 11 is 0. The van der Waals surface area contributed by atoms with E-state index in [-0.39, 0.29) is 12.1 Å². The molecule has 2 aromatic rings. The maximum atomic E-state index is 13.0. The molecule has 0 saturated carbocycles. The van der Waals surface area contributed by atoms with Crippen LogP contribution in [0.3, 0.4) is 0 Å². The number of rotatable bonds is 4. The van der Waals surface area contributed by atoms with Crippen LogP contribution in [0, 0.1) is 5.82 Å². The number of benzene rings is 1. The molecule has 2 atom stereocenters. The molecule has 5 heteroatoms. The van der Waals surface area contributed by atoms with E-state index in [0.29, 0.717) is 5.95 Å². The highest BCUT2D eigenvalue weighted by molar-refractivity contribution is 5.35. The lowest BCUT2D eigenvalue weighted by Crippen LogP contribution is -2.38. The monoisotopic (exact) mass is 287 g/mol. The number of hydrogen-bond acceptors (Lipinski definition) is 4. The number of ether oxygens (including phenoxy) is 1. The molecule has 0 bridgehead atoms. The minimum atomic E-state index is -0.416. The molecule has 4 nitrogen and oxygen atoms in total. The Labute approximate surface area is 123 Å². The van der Waals surface area contributed by atoms with Gasteiger partial charge in [-0.25, -0.2) is 14.4 Å². The van der Waals surface area contributed by atoms with Crippen molar-refractivity contribution in [2.45, 2.75) is 25.0 Å². The van der Waals surface area contributed by atoms with Gasteiger partial charge < -0.3 is 9.64 Å². The molecule has 0 amide bonds. The molecule has 0 spiro atoms. The van der Waals surface area contributed by atoms with Crippen molar-refractivity contribution >= 4 is 5.95 Å². The number of aromatic nitrogens is 2. The summed E-state index contributed by atoms with van der Waals surface area (Å²) < 4.78 is 18.6. The van der Waals surface area contributed by atoms with E-state index >= 15 is 0 Å². The van der Waals surface area contributed by atoms with Crippen LogP contribution in [-0.2, 0) is 11.2 Å². The highest BCUT2D eigenvalue weighted by atomic mass is 19.1. The lowest BCUT2D eigenvalue weighted by atomic mass is 10.0. The largest absolute Gasteiger partial charge is 0.379 e. The Bertz CT molecular complexity index is 576. The van der Waals surface area contributed by atoms with Crippen LogP contribution in [0.4, 0.5) is 10.3 Å². The van der Waals surface area contributed by atoms with Crippen molar-refractivity contribution in [3.05, 3.63) is 54.1 Å². The van der Waals surface area contributed by atoms with Crippen molar-refractivity contribution in [3.8, 4) is 0 Å². The van der Waals surface area contributed by atoms with Gasteiger partial charge in [0, 0.05) is 13.7 Å². The molecule has 1 aromatic heterocycles. The minimum absolute atomic E-state index is 0.138. The fourth-order valence-electron chi connectivity index (χ4n) is 2.90.